The fraction of sp³-hybridized carbons (Fsp3) is 0.500. The number of aromatic nitrogens is 2. The van der Waals surface area contributed by atoms with Crippen molar-refractivity contribution in [2.45, 2.75) is 58.3 Å². The van der Waals surface area contributed by atoms with E-state index in [1.54, 1.807) is 14.2 Å². The molecule has 0 aliphatic carbocycles. The number of nitrogens with zero attached hydrogens (tertiary/aromatic N) is 3. The number of aryl methyl sites for hydroxylation is 1. The van der Waals surface area contributed by atoms with Crippen molar-refractivity contribution in [1.82, 2.24) is 14.5 Å². The lowest BCUT2D eigenvalue weighted by atomic mass is 10.0. The van der Waals surface area contributed by atoms with Gasteiger partial charge < -0.3 is 9.64 Å². The fourth-order valence-corrected chi connectivity index (χ4v) is 4.30. The summed E-state index contributed by atoms with van der Waals surface area (Å²) in [6, 6.07) is 7.94. The zero-order chi connectivity index (χ0) is 21.7. The van der Waals surface area contributed by atoms with E-state index in [2.05, 4.69) is 4.98 Å². The SMILES string of the molecule is COc1cccc(Cc2c(C)nc(SCC(=O)N(C(C)C)C(C)C)n(C)c2=O)c1. The topological polar surface area (TPSA) is 64.4 Å². The Labute approximate surface area is 177 Å². The number of thioether (sulfide) groups is 1. The fourth-order valence-electron chi connectivity index (χ4n) is 3.42. The molecule has 6 nitrogen and oxygen atoms in total. The zero-order valence-electron chi connectivity index (χ0n) is 18.4. The van der Waals surface area contributed by atoms with E-state index in [1.807, 2.05) is 63.8 Å². The lowest BCUT2D eigenvalue weighted by molar-refractivity contribution is -0.131. The molecule has 1 aromatic carbocycles. The molecule has 0 fully saturated rings. The minimum absolute atomic E-state index is 0.0485. The molecule has 0 spiro atoms. The molecular weight excluding hydrogens is 386 g/mol. The van der Waals surface area contributed by atoms with Gasteiger partial charge in [0.25, 0.3) is 5.56 Å². The number of benzene rings is 1. The molecule has 2 aromatic rings. The Bertz CT molecular complexity index is 914. The smallest absolute Gasteiger partial charge is 0.257 e. The first-order valence-corrected chi connectivity index (χ1v) is 10.8. The number of rotatable bonds is 8. The van der Waals surface area contributed by atoms with Crippen molar-refractivity contribution in [2.24, 2.45) is 7.05 Å². The number of methoxy groups -OCH3 is 1. The number of hydrogen-bond donors (Lipinski definition) is 0. The van der Waals surface area contributed by atoms with Crippen LogP contribution in [0.15, 0.2) is 34.2 Å². The highest BCUT2D eigenvalue weighted by Crippen LogP contribution is 2.20. The second-order valence-corrected chi connectivity index (χ2v) is 8.57. The van der Waals surface area contributed by atoms with Crippen molar-refractivity contribution in [3.05, 3.63) is 51.4 Å². The van der Waals surface area contributed by atoms with Crippen LogP contribution in [0.1, 0.15) is 44.5 Å². The van der Waals surface area contributed by atoms with Crippen LogP contribution in [0.3, 0.4) is 0 Å². The first-order chi connectivity index (χ1) is 13.6. The average molecular weight is 418 g/mol. The van der Waals surface area contributed by atoms with Crippen LogP contribution in [0.5, 0.6) is 5.75 Å². The van der Waals surface area contributed by atoms with E-state index in [4.69, 9.17) is 4.74 Å². The molecule has 0 saturated carbocycles. The van der Waals surface area contributed by atoms with Crippen molar-refractivity contribution in [3.8, 4) is 5.75 Å². The van der Waals surface area contributed by atoms with Gasteiger partial charge in [-0.3, -0.25) is 14.2 Å². The third-order valence-corrected chi connectivity index (χ3v) is 5.80. The second-order valence-electron chi connectivity index (χ2n) is 7.63. The molecule has 158 valence electrons. The number of ether oxygens (including phenoxy) is 1. The summed E-state index contributed by atoms with van der Waals surface area (Å²) in [5.41, 5.74) is 2.25. The molecule has 1 heterocycles. The Morgan fingerprint density at radius 1 is 1.24 bits per heavy atom. The van der Waals surface area contributed by atoms with Gasteiger partial charge in [-0.25, -0.2) is 4.98 Å². The minimum Gasteiger partial charge on any atom is -0.497 e. The van der Waals surface area contributed by atoms with Crippen LogP contribution in [0, 0.1) is 6.92 Å². The molecule has 7 heteroatoms. The lowest BCUT2D eigenvalue weighted by Crippen LogP contribution is -2.43. The quantitative estimate of drug-likeness (QED) is 0.486. The minimum atomic E-state index is -0.0835. The van der Waals surface area contributed by atoms with Gasteiger partial charge in [0.05, 0.1) is 12.9 Å². The van der Waals surface area contributed by atoms with E-state index in [0.717, 1.165) is 11.3 Å². The monoisotopic (exact) mass is 417 g/mol. The summed E-state index contributed by atoms with van der Waals surface area (Å²) >= 11 is 1.31. The van der Waals surface area contributed by atoms with Gasteiger partial charge in [-0.05, 0) is 52.3 Å². The molecule has 0 aliphatic heterocycles. The standard InChI is InChI=1S/C22H31N3O3S/c1-14(2)25(15(3)4)20(26)13-29-22-23-16(5)19(21(27)24(22)6)12-17-9-8-10-18(11-17)28-7/h8-11,14-15H,12-13H2,1-7H3. The van der Waals surface area contributed by atoms with E-state index in [-0.39, 0.29) is 29.3 Å². The van der Waals surface area contributed by atoms with Crippen LogP contribution in [0.4, 0.5) is 0 Å². The average Bonchev–Trinajstić information content (AvgIpc) is 2.66. The second kappa shape index (κ2) is 9.96. The summed E-state index contributed by atoms with van der Waals surface area (Å²) in [5, 5.41) is 0.558. The summed E-state index contributed by atoms with van der Waals surface area (Å²) < 4.78 is 6.80. The summed E-state index contributed by atoms with van der Waals surface area (Å²) in [5.74, 6) is 1.06. The molecular formula is C22H31N3O3S. The van der Waals surface area contributed by atoms with Gasteiger partial charge in [0.2, 0.25) is 5.91 Å². The largest absolute Gasteiger partial charge is 0.497 e. The van der Waals surface area contributed by atoms with Gasteiger partial charge >= 0.3 is 0 Å². The van der Waals surface area contributed by atoms with Crippen LogP contribution in [0.2, 0.25) is 0 Å². The van der Waals surface area contributed by atoms with E-state index in [1.165, 1.54) is 16.3 Å². The first-order valence-electron chi connectivity index (χ1n) is 9.79. The van der Waals surface area contributed by atoms with Crippen molar-refractivity contribution in [3.63, 3.8) is 0 Å². The summed E-state index contributed by atoms with van der Waals surface area (Å²) in [4.78, 5) is 32.0. The molecule has 0 unspecified atom stereocenters. The van der Waals surface area contributed by atoms with E-state index in [9.17, 15) is 9.59 Å². The molecule has 0 saturated heterocycles. The van der Waals surface area contributed by atoms with Gasteiger partial charge in [-0.2, -0.15) is 0 Å². The number of carbonyl (C=O) groups is 1. The van der Waals surface area contributed by atoms with Gasteiger partial charge in [0.1, 0.15) is 5.75 Å². The van der Waals surface area contributed by atoms with Crippen LogP contribution in [-0.2, 0) is 18.3 Å². The van der Waals surface area contributed by atoms with Crippen LogP contribution >= 0.6 is 11.8 Å². The third-order valence-electron chi connectivity index (χ3n) is 4.79. The van der Waals surface area contributed by atoms with Gasteiger partial charge in [-0.15, -0.1) is 0 Å². The molecule has 0 atom stereocenters. The summed E-state index contributed by atoms with van der Waals surface area (Å²) in [6.07, 6.45) is 0.487. The lowest BCUT2D eigenvalue weighted by Gasteiger charge is -2.30. The number of hydrogen-bond acceptors (Lipinski definition) is 5. The van der Waals surface area contributed by atoms with Crippen molar-refractivity contribution in [1.29, 1.82) is 0 Å². The normalized spacial score (nSPS) is 11.2. The number of carbonyl (C=O) groups excluding carboxylic acids is 1. The predicted octanol–water partition coefficient (Wildman–Crippen LogP) is 3.43. The summed E-state index contributed by atoms with van der Waals surface area (Å²) in [6.45, 7) is 9.88. The molecule has 1 aromatic heterocycles. The van der Waals surface area contributed by atoms with Crippen molar-refractivity contribution < 1.29 is 9.53 Å². The van der Waals surface area contributed by atoms with Crippen LogP contribution in [-0.4, -0.2) is 45.3 Å². The molecule has 2 rings (SSSR count). The van der Waals surface area contributed by atoms with E-state index >= 15 is 0 Å². The van der Waals surface area contributed by atoms with E-state index in [0.29, 0.717) is 22.8 Å². The molecule has 1 amide bonds. The Balaban J connectivity index is 2.22. The van der Waals surface area contributed by atoms with E-state index < -0.39 is 0 Å². The zero-order valence-corrected chi connectivity index (χ0v) is 19.2. The van der Waals surface area contributed by atoms with Gasteiger partial charge in [-0.1, -0.05) is 23.9 Å². The maximum Gasteiger partial charge on any atom is 0.257 e. The van der Waals surface area contributed by atoms with Crippen molar-refractivity contribution >= 4 is 17.7 Å². The molecule has 0 bridgehead atoms. The maximum atomic E-state index is 12.9. The Morgan fingerprint density at radius 3 is 2.48 bits per heavy atom. The Hall–Kier alpha value is -2.28. The molecule has 0 radical (unpaired) electrons. The third kappa shape index (κ3) is 5.63. The highest BCUT2D eigenvalue weighted by molar-refractivity contribution is 7.99. The molecule has 0 aliphatic rings. The molecule has 0 N–H and O–H groups in total. The number of amides is 1. The predicted molar refractivity (Wildman–Crippen MR) is 118 cm³/mol. The Kier molecular flexibility index (Phi) is 7.90. The highest BCUT2D eigenvalue weighted by atomic mass is 32.2. The van der Waals surface area contributed by atoms with Gasteiger partial charge in [0, 0.05) is 36.8 Å². The van der Waals surface area contributed by atoms with Crippen LogP contribution < -0.4 is 10.3 Å². The maximum absolute atomic E-state index is 12.9. The van der Waals surface area contributed by atoms with Crippen molar-refractivity contribution in [2.75, 3.05) is 12.9 Å². The van der Waals surface area contributed by atoms with Gasteiger partial charge in [0.15, 0.2) is 5.16 Å². The van der Waals surface area contributed by atoms with Crippen LogP contribution in [0.25, 0.3) is 0 Å². The molecule has 29 heavy (non-hydrogen) atoms. The Morgan fingerprint density at radius 2 is 1.90 bits per heavy atom. The summed E-state index contributed by atoms with van der Waals surface area (Å²) in [7, 11) is 3.33. The highest BCUT2D eigenvalue weighted by Gasteiger charge is 2.21. The first kappa shape index (κ1) is 23.0.